The second-order valence-corrected chi connectivity index (χ2v) is 9.00. The van der Waals surface area contributed by atoms with E-state index in [-0.39, 0.29) is 17.7 Å². The smallest absolute Gasteiger partial charge is 0.239 e. The van der Waals surface area contributed by atoms with Gasteiger partial charge in [-0.3, -0.25) is 9.59 Å². The summed E-state index contributed by atoms with van der Waals surface area (Å²) < 4.78 is 0. The minimum Gasteiger partial charge on any atom is -0.392 e. The molecule has 7 rings (SSSR count). The van der Waals surface area contributed by atoms with Gasteiger partial charge in [0, 0.05) is 5.92 Å². The predicted molar refractivity (Wildman–Crippen MR) is 118 cm³/mol. The van der Waals surface area contributed by atoms with Crippen LogP contribution in [0.15, 0.2) is 72.8 Å². The number of hydrogen-bond donors (Lipinski definition) is 1. The summed E-state index contributed by atoms with van der Waals surface area (Å²) in [5, 5.41) is 11.3. The summed E-state index contributed by atoms with van der Waals surface area (Å²) in [5.41, 5.74) is 4.63. The van der Waals surface area contributed by atoms with Crippen LogP contribution in [0.2, 0.25) is 0 Å². The minimum atomic E-state index is -0.948. The molecule has 1 N–H and O–H groups in total. The number of aliphatic hydroxyl groups is 1. The number of rotatable bonds is 2. The van der Waals surface area contributed by atoms with Crippen LogP contribution in [0.4, 0.5) is 5.69 Å². The van der Waals surface area contributed by atoms with Crippen LogP contribution in [-0.4, -0.2) is 23.0 Å². The first kappa shape index (κ1) is 18.5. The zero-order chi connectivity index (χ0) is 21.5. The lowest BCUT2D eigenvalue weighted by Gasteiger charge is -2.55. The van der Waals surface area contributed by atoms with E-state index in [1.165, 1.54) is 4.90 Å². The molecule has 1 saturated heterocycles. The summed E-state index contributed by atoms with van der Waals surface area (Å²) >= 11 is 0. The molecule has 4 aliphatic rings. The fourth-order valence-corrected chi connectivity index (χ4v) is 6.59. The SMILES string of the molecule is Cc1ccccc1N1C(=O)[C@@H]2C3c4ccccc4C([C@H](C)O)(c4ccccc43)[C@@H]2C1=O. The molecule has 3 aromatic carbocycles. The Labute approximate surface area is 181 Å². The topological polar surface area (TPSA) is 57.6 Å². The number of aryl methyl sites for hydroxylation is 1. The molecule has 31 heavy (non-hydrogen) atoms. The number of anilines is 1. The third-order valence-electron chi connectivity index (χ3n) is 7.70. The van der Waals surface area contributed by atoms with Gasteiger partial charge in [-0.15, -0.1) is 0 Å². The number of hydrogen-bond acceptors (Lipinski definition) is 3. The number of amides is 2. The molecule has 1 aliphatic heterocycles. The maximum atomic E-state index is 14.0. The Morgan fingerprint density at radius 3 is 1.97 bits per heavy atom. The Morgan fingerprint density at radius 2 is 1.39 bits per heavy atom. The van der Waals surface area contributed by atoms with Crippen molar-refractivity contribution in [3.05, 3.63) is 101 Å². The molecular weight excluding hydrogens is 386 g/mol. The third-order valence-corrected chi connectivity index (χ3v) is 7.70. The van der Waals surface area contributed by atoms with Crippen LogP contribution >= 0.6 is 0 Å². The molecule has 4 heteroatoms. The summed E-state index contributed by atoms with van der Waals surface area (Å²) in [4.78, 5) is 29.3. The van der Waals surface area contributed by atoms with Crippen molar-refractivity contribution < 1.29 is 14.7 Å². The average Bonchev–Trinajstić information content (AvgIpc) is 3.05. The minimum absolute atomic E-state index is 0.164. The van der Waals surface area contributed by atoms with Crippen molar-refractivity contribution in [1.82, 2.24) is 0 Å². The lowest BCUT2D eigenvalue weighted by molar-refractivity contribution is -0.126. The number of para-hydroxylation sites is 1. The van der Waals surface area contributed by atoms with Gasteiger partial charge in [-0.05, 0) is 47.7 Å². The van der Waals surface area contributed by atoms with E-state index in [0.717, 1.165) is 27.8 Å². The average molecular weight is 409 g/mol. The molecule has 0 radical (unpaired) electrons. The molecule has 2 amide bonds. The zero-order valence-corrected chi connectivity index (χ0v) is 17.4. The Bertz CT molecular complexity index is 1210. The van der Waals surface area contributed by atoms with Crippen molar-refractivity contribution >= 4 is 17.5 Å². The highest BCUT2D eigenvalue weighted by Gasteiger charge is 2.69. The summed E-state index contributed by atoms with van der Waals surface area (Å²) in [6.45, 7) is 3.67. The maximum absolute atomic E-state index is 14.0. The number of benzene rings is 3. The predicted octanol–water partition coefficient (Wildman–Crippen LogP) is 3.93. The highest BCUT2D eigenvalue weighted by Crippen LogP contribution is 2.65. The van der Waals surface area contributed by atoms with Crippen LogP contribution in [0.25, 0.3) is 0 Å². The van der Waals surface area contributed by atoms with E-state index in [1.807, 2.05) is 67.6 Å². The molecule has 1 heterocycles. The van der Waals surface area contributed by atoms with Gasteiger partial charge in [0.25, 0.3) is 0 Å². The third kappa shape index (κ3) is 2.04. The van der Waals surface area contributed by atoms with Gasteiger partial charge in [0.1, 0.15) is 0 Å². The summed E-state index contributed by atoms with van der Waals surface area (Å²) in [6, 6.07) is 23.5. The maximum Gasteiger partial charge on any atom is 0.239 e. The van der Waals surface area contributed by atoms with Crippen LogP contribution in [0, 0.1) is 18.8 Å². The summed E-state index contributed by atoms with van der Waals surface area (Å²) in [6.07, 6.45) is -0.836. The number of carbonyl (C=O) groups excluding carboxylic acids is 2. The van der Waals surface area contributed by atoms with E-state index in [2.05, 4.69) is 12.1 Å². The van der Waals surface area contributed by atoms with Crippen molar-refractivity contribution in [3.63, 3.8) is 0 Å². The van der Waals surface area contributed by atoms with E-state index < -0.39 is 23.4 Å². The van der Waals surface area contributed by atoms with E-state index in [9.17, 15) is 14.7 Å². The normalized spacial score (nSPS) is 28.9. The largest absolute Gasteiger partial charge is 0.392 e. The zero-order valence-electron chi connectivity index (χ0n) is 17.4. The van der Waals surface area contributed by atoms with Gasteiger partial charge in [-0.1, -0.05) is 66.7 Å². The number of imide groups is 1. The van der Waals surface area contributed by atoms with Crippen molar-refractivity contribution in [2.75, 3.05) is 4.90 Å². The second kappa shape index (κ2) is 6.14. The van der Waals surface area contributed by atoms with Gasteiger partial charge in [-0.25, -0.2) is 4.90 Å². The van der Waals surface area contributed by atoms with Crippen molar-refractivity contribution in [2.45, 2.75) is 31.3 Å². The first-order valence-corrected chi connectivity index (χ1v) is 10.8. The van der Waals surface area contributed by atoms with Gasteiger partial charge in [-0.2, -0.15) is 0 Å². The molecule has 3 atom stereocenters. The Morgan fingerprint density at radius 1 is 0.839 bits per heavy atom. The Hall–Kier alpha value is -3.24. The second-order valence-electron chi connectivity index (χ2n) is 9.00. The molecule has 154 valence electrons. The molecule has 4 nitrogen and oxygen atoms in total. The van der Waals surface area contributed by atoms with Crippen LogP contribution in [0.1, 0.15) is 40.7 Å². The highest BCUT2D eigenvalue weighted by atomic mass is 16.3. The van der Waals surface area contributed by atoms with Crippen molar-refractivity contribution in [1.29, 1.82) is 0 Å². The van der Waals surface area contributed by atoms with Crippen molar-refractivity contribution in [3.8, 4) is 0 Å². The molecule has 2 bridgehead atoms. The number of aliphatic hydroxyl groups excluding tert-OH is 1. The lowest BCUT2D eigenvalue weighted by atomic mass is 9.46. The van der Waals surface area contributed by atoms with Crippen LogP contribution < -0.4 is 4.90 Å². The van der Waals surface area contributed by atoms with E-state index >= 15 is 0 Å². The van der Waals surface area contributed by atoms with Gasteiger partial charge >= 0.3 is 0 Å². The number of nitrogens with zero attached hydrogens (tertiary/aromatic N) is 1. The van der Waals surface area contributed by atoms with Crippen molar-refractivity contribution in [2.24, 2.45) is 11.8 Å². The Kier molecular flexibility index (Phi) is 3.67. The standard InChI is InChI=1S/C27H23NO3/c1-15-9-3-8-14-21(15)28-25(30)23-22-17-10-4-6-12-19(17)27(16(2)29,24(23)26(28)31)20-13-7-5-11-18(20)22/h3-14,16,22-24,29H,1-2H3/t16-,22?,23+,24-,27?/m0/s1. The molecule has 3 aliphatic carbocycles. The first-order valence-electron chi connectivity index (χ1n) is 10.8. The van der Waals surface area contributed by atoms with Gasteiger partial charge in [0.15, 0.2) is 0 Å². The quantitative estimate of drug-likeness (QED) is 0.653. The first-order chi connectivity index (χ1) is 15.0. The van der Waals surface area contributed by atoms with E-state index in [4.69, 9.17) is 0 Å². The monoisotopic (exact) mass is 409 g/mol. The number of carbonyl (C=O) groups is 2. The summed E-state index contributed by atoms with van der Waals surface area (Å²) in [7, 11) is 0. The molecule has 0 aromatic heterocycles. The molecule has 0 spiro atoms. The van der Waals surface area contributed by atoms with Crippen LogP contribution in [0.5, 0.6) is 0 Å². The summed E-state index contributed by atoms with van der Waals surface area (Å²) in [5.74, 6) is -1.72. The van der Waals surface area contributed by atoms with E-state index in [0.29, 0.717) is 5.69 Å². The molecule has 3 aromatic rings. The highest BCUT2D eigenvalue weighted by molar-refractivity contribution is 6.24. The molecule has 0 saturated carbocycles. The molecule has 1 fully saturated rings. The van der Waals surface area contributed by atoms with Crippen LogP contribution in [0.3, 0.4) is 0 Å². The Balaban J connectivity index is 1.68. The molecule has 0 unspecified atom stereocenters. The lowest BCUT2D eigenvalue weighted by Crippen LogP contribution is -2.58. The molecular formula is C27H23NO3. The van der Waals surface area contributed by atoms with Crippen LogP contribution in [-0.2, 0) is 15.0 Å². The fourth-order valence-electron chi connectivity index (χ4n) is 6.59. The fraction of sp³-hybridized carbons (Fsp3) is 0.259. The van der Waals surface area contributed by atoms with Gasteiger partial charge in [0.2, 0.25) is 11.8 Å². The van der Waals surface area contributed by atoms with E-state index in [1.54, 1.807) is 6.92 Å². The van der Waals surface area contributed by atoms with Gasteiger partial charge < -0.3 is 5.11 Å². The van der Waals surface area contributed by atoms with Gasteiger partial charge in [0.05, 0.1) is 29.0 Å².